The molecule has 10 heavy (non-hydrogen) atoms. The summed E-state index contributed by atoms with van der Waals surface area (Å²) in [5.41, 5.74) is 0. The average molecular weight is 143 g/mol. The van der Waals surface area contributed by atoms with Crippen LogP contribution in [0.3, 0.4) is 0 Å². The topological polar surface area (TPSA) is 49.3 Å². The fourth-order valence-electron chi connectivity index (χ4n) is 1.45. The summed E-state index contributed by atoms with van der Waals surface area (Å²) in [6.07, 6.45) is 0.962. The van der Waals surface area contributed by atoms with Gasteiger partial charge in [0.25, 0.3) is 0 Å². The molecule has 0 aromatic rings. The van der Waals surface area contributed by atoms with Crippen LogP contribution in [0, 0.1) is 11.8 Å². The van der Waals surface area contributed by atoms with Crippen LogP contribution in [0.5, 0.6) is 0 Å². The van der Waals surface area contributed by atoms with Gasteiger partial charge >= 0.3 is 5.97 Å². The molecule has 58 valence electrons. The number of carboxylic acids is 1. The highest BCUT2D eigenvalue weighted by Gasteiger charge is 2.30. The Hall–Kier alpha value is -0.570. The average Bonchev–Trinajstić information content (AvgIpc) is 2.33. The minimum Gasteiger partial charge on any atom is -0.481 e. The van der Waals surface area contributed by atoms with Crippen LogP contribution in [-0.4, -0.2) is 24.2 Å². The van der Waals surface area contributed by atoms with Crippen molar-refractivity contribution in [2.24, 2.45) is 11.8 Å². The lowest BCUT2D eigenvalue weighted by molar-refractivity contribution is -0.142. The highest BCUT2D eigenvalue weighted by molar-refractivity contribution is 5.71. The molecule has 1 aliphatic heterocycles. The summed E-state index contributed by atoms with van der Waals surface area (Å²) < 4.78 is 0. The number of aliphatic carboxylic acids is 1. The number of hydrogen-bond donors (Lipinski definition) is 2. The van der Waals surface area contributed by atoms with Crippen molar-refractivity contribution in [2.45, 2.75) is 13.3 Å². The van der Waals surface area contributed by atoms with E-state index in [1.165, 1.54) is 0 Å². The smallest absolute Gasteiger partial charge is 0.308 e. The third-order valence-corrected chi connectivity index (χ3v) is 2.18. The summed E-state index contributed by atoms with van der Waals surface area (Å²) in [6, 6.07) is 0. The van der Waals surface area contributed by atoms with E-state index in [0.717, 1.165) is 13.0 Å². The van der Waals surface area contributed by atoms with Gasteiger partial charge in [-0.1, -0.05) is 13.3 Å². The van der Waals surface area contributed by atoms with E-state index in [0.29, 0.717) is 12.5 Å². The number of carboxylic acid groups (broad SMARTS) is 1. The summed E-state index contributed by atoms with van der Waals surface area (Å²) in [6.45, 7) is 3.55. The molecule has 0 saturated carbocycles. The summed E-state index contributed by atoms with van der Waals surface area (Å²) in [5, 5.41) is 11.7. The molecule has 1 aliphatic rings. The van der Waals surface area contributed by atoms with Crippen LogP contribution in [-0.2, 0) is 4.79 Å². The second-order valence-corrected chi connectivity index (χ2v) is 2.77. The quantitative estimate of drug-likeness (QED) is 0.585. The van der Waals surface area contributed by atoms with Gasteiger partial charge in [-0.2, -0.15) is 0 Å². The fraction of sp³-hybridized carbons (Fsp3) is 0.857. The van der Waals surface area contributed by atoms with Gasteiger partial charge in [0.2, 0.25) is 0 Å². The molecule has 0 bridgehead atoms. The second kappa shape index (κ2) is 3.01. The van der Waals surface area contributed by atoms with Gasteiger partial charge in [-0.05, 0) is 12.5 Å². The molecule has 3 heteroatoms. The van der Waals surface area contributed by atoms with Crippen molar-refractivity contribution in [1.82, 2.24) is 5.32 Å². The van der Waals surface area contributed by atoms with E-state index in [1.54, 1.807) is 0 Å². The van der Waals surface area contributed by atoms with Crippen molar-refractivity contribution in [3.05, 3.63) is 0 Å². The Kier molecular flexibility index (Phi) is 2.27. The number of nitrogens with one attached hydrogen (secondary N) is 1. The van der Waals surface area contributed by atoms with Gasteiger partial charge < -0.3 is 10.4 Å². The van der Waals surface area contributed by atoms with Crippen LogP contribution in [0.1, 0.15) is 13.3 Å². The lowest BCUT2D eigenvalue weighted by Gasteiger charge is -2.10. The van der Waals surface area contributed by atoms with E-state index in [4.69, 9.17) is 5.11 Å². The second-order valence-electron chi connectivity index (χ2n) is 2.77. The molecule has 2 N–H and O–H groups in total. The van der Waals surface area contributed by atoms with Crippen LogP contribution < -0.4 is 5.32 Å². The van der Waals surface area contributed by atoms with Crippen molar-refractivity contribution in [3.8, 4) is 0 Å². The largest absolute Gasteiger partial charge is 0.481 e. The van der Waals surface area contributed by atoms with E-state index in [1.807, 2.05) is 6.92 Å². The van der Waals surface area contributed by atoms with Crippen molar-refractivity contribution >= 4 is 5.97 Å². The predicted octanol–water partition coefficient (Wildman–Crippen LogP) is 0.317. The molecule has 1 heterocycles. The fourth-order valence-corrected chi connectivity index (χ4v) is 1.45. The SMILES string of the molecule is CC[C@H]1CNCC1C(=O)O. The van der Waals surface area contributed by atoms with E-state index in [-0.39, 0.29) is 5.92 Å². The molecule has 1 saturated heterocycles. The molecule has 1 unspecified atom stereocenters. The molecule has 1 fully saturated rings. The number of carbonyl (C=O) groups is 1. The highest BCUT2D eigenvalue weighted by atomic mass is 16.4. The van der Waals surface area contributed by atoms with Crippen molar-refractivity contribution in [3.63, 3.8) is 0 Å². The zero-order valence-corrected chi connectivity index (χ0v) is 6.13. The molecule has 1 rings (SSSR count). The van der Waals surface area contributed by atoms with Gasteiger partial charge in [0, 0.05) is 6.54 Å². The van der Waals surface area contributed by atoms with Crippen molar-refractivity contribution < 1.29 is 9.90 Å². The Morgan fingerprint density at radius 3 is 2.80 bits per heavy atom. The Balaban J connectivity index is 2.50. The van der Waals surface area contributed by atoms with Crippen LogP contribution in [0.4, 0.5) is 0 Å². The Morgan fingerprint density at radius 1 is 1.70 bits per heavy atom. The van der Waals surface area contributed by atoms with Crippen LogP contribution in [0.15, 0.2) is 0 Å². The first kappa shape index (κ1) is 7.54. The van der Waals surface area contributed by atoms with Gasteiger partial charge in [-0.25, -0.2) is 0 Å². The highest BCUT2D eigenvalue weighted by Crippen LogP contribution is 2.19. The first-order valence-electron chi connectivity index (χ1n) is 3.69. The maximum atomic E-state index is 10.5. The Labute approximate surface area is 60.4 Å². The first-order chi connectivity index (χ1) is 4.75. The van der Waals surface area contributed by atoms with Gasteiger partial charge in [0.05, 0.1) is 5.92 Å². The van der Waals surface area contributed by atoms with Crippen LogP contribution >= 0.6 is 0 Å². The van der Waals surface area contributed by atoms with Crippen molar-refractivity contribution in [2.75, 3.05) is 13.1 Å². The van der Waals surface area contributed by atoms with Crippen molar-refractivity contribution in [1.29, 1.82) is 0 Å². The van der Waals surface area contributed by atoms with E-state index in [9.17, 15) is 4.79 Å². The van der Waals surface area contributed by atoms with Gasteiger partial charge in [0.1, 0.15) is 0 Å². The Bertz CT molecular complexity index is 136. The molecule has 0 aromatic carbocycles. The molecule has 0 spiro atoms. The monoisotopic (exact) mass is 143 g/mol. The van der Waals surface area contributed by atoms with Gasteiger partial charge in [-0.15, -0.1) is 0 Å². The van der Waals surface area contributed by atoms with E-state index >= 15 is 0 Å². The third kappa shape index (κ3) is 1.29. The lowest BCUT2D eigenvalue weighted by Crippen LogP contribution is -2.21. The summed E-state index contributed by atoms with van der Waals surface area (Å²) in [4.78, 5) is 10.5. The standard InChI is InChI=1S/C7H13NO2/c1-2-5-3-8-4-6(5)7(9)10/h5-6,8H,2-4H2,1H3,(H,9,10)/t5-,6?/m0/s1. The third-order valence-electron chi connectivity index (χ3n) is 2.18. The van der Waals surface area contributed by atoms with E-state index in [2.05, 4.69) is 5.32 Å². The summed E-state index contributed by atoms with van der Waals surface area (Å²) >= 11 is 0. The van der Waals surface area contributed by atoms with Gasteiger partial charge in [0.15, 0.2) is 0 Å². The maximum absolute atomic E-state index is 10.5. The number of hydrogen-bond acceptors (Lipinski definition) is 2. The van der Waals surface area contributed by atoms with Gasteiger partial charge in [-0.3, -0.25) is 4.79 Å². The normalized spacial score (nSPS) is 32.5. The molecular formula is C7H13NO2. The molecular weight excluding hydrogens is 130 g/mol. The minimum absolute atomic E-state index is 0.148. The summed E-state index contributed by atoms with van der Waals surface area (Å²) in [5.74, 6) is -0.459. The minimum atomic E-state index is -0.656. The zero-order chi connectivity index (χ0) is 7.56. The maximum Gasteiger partial charge on any atom is 0.308 e. The molecule has 0 aromatic heterocycles. The first-order valence-corrected chi connectivity index (χ1v) is 3.69. The summed E-state index contributed by atoms with van der Waals surface area (Å²) in [7, 11) is 0. The van der Waals surface area contributed by atoms with Crippen LogP contribution in [0.25, 0.3) is 0 Å². The predicted molar refractivity (Wildman–Crippen MR) is 37.8 cm³/mol. The molecule has 0 radical (unpaired) electrons. The molecule has 0 amide bonds. The Morgan fingerprint density at radius 2 is 2.40 bits per heavy atom. The van der Waals surface area contributed by atoms with Crippen LogP contribution in [0.2, 0.25) is 0 Å². The lowest BCUT2D eigenvalue weighted by atomic mass is 9.94. The molecule has 0 aliphatic carbocycles. The number of rotatable bonds is 2. The zero-order valence-electron chi connectivity index (χ0n) is 6.13. The van der Waals surface area contributed by atoms with E-state index < -0.39 is 5.97 Å². The molecule has 3 nitrogen and oxygen atoms in total. The molecule has 2 atom stereocenters.